The molecule has 13 nitrogen and oxygen atoms in total. The van der Waals surface area contributed by atoms with Crippen molar-refractivity contribution in [1.82, 2.24) is 19.5 Å². The standard InChI is InChI=1S/C38H47ClN6O7S/c1-23-20-53(48,42-35(46)28-19-44(2)41-37(28)51-5)43-36(47)30-12-13-33-34(40-30)45(18-25-8-10-27(25)32(50-4)15-14-31(23)49-3)21-38(22-52-33)16-6-7-24-17-26(39)9-11-29(24)38/h9,11-15,17,19,23,25,27,31-32H,6-8,10,16,18,20-22H2,1-5H3,(H,42,43,46,47,48)/b15-14+/t23-,25+,27-,31-,32+,38+,53-/m1/s1. The maximum absolute atomic E-state index is 14.7. The van der Waals surface area contributed by atoms with Crippen LogP contribution in [0.2, 0.25) is 5.02 Å². The van der Waals surface area contributed by atoms with E-state index in [0.29, 0.717) is 36.3 Å². The van der Waals surface area contributed by atoms with Gasteiger partial charge < -0.3 is 23.8 Å². The number of rotatable bonds is 5. The first-order chi connectivity index (χ1) is 25.4. The number of benzene rings is 1. The molecule has 4 heterocycles. The van der Waals surface area contributed by atoms with E-state index in [9.17, 15) is 13.8 Å². The van der Waals surface area contributed by atoms with E-state index >= 15 is 0 Å². The van der Waals surface area contributed by atoms with E-state index < -0.39 is 33.8 Å². The molecule has 1 aromatic carbocycles. The highest BCUT2D eigenvalue weighted by atomic mass is 35.5. The van der Waals surface area contributed by atoms with Crippen molar-refractivity contribution in [3.8, 4) is 11.6 Å². The van der Waals surface area contributed by atoms with E-state index in [4.69, 9.17) is 35.5 Å². The van der Waals surface area contributed by atoms with Crippen molar-refractivity contribution in [3.05, 3.63) is 76.1 Å². The van der Waals surface area contributed by atoms with Crippen molar-refractivity contribution in [2.75, 3.05) is 51.7 Å². The number of ether oxygens (including phenoxy) is 4. The number of fused-ring (bicyclic) bond motifs is 4. The van der Waals surface area contributed by atoms with Crippen molar-refractivity contribution >= 4 is 39.1 Å². The number of carbonyl (C=O) groups excluding carboxylic acids is 2. The number of hydrogen-bond donors (Lipinski definition) is 1. The number of pyridine rings is 1. The molecule has 7 rings (SSSR count). The van der Waals surface area contributed by atoms with Gasteiger partial charge >= 0.3 is 5.91 Å². The maximum Gasteiger partial charge on any atom is 0.305 e. The lowest BCUT2D eigenvalue weighted by atomic mass is 9.68. The van der Waals surface area contributed by atoms with Crippen LogP contribution in [0.3, 0.4) is 0 Å². The lowest BCUT2D eigenvalue weighted by Crippen LogP contribution is -2.49. The normalized spacial score (nSPS) is 30.5. The highest BCUT2D eigenvalue weighted by Gasteiger charge is 2.45. The fourth-order valence-corrected chi connectivity index (χ4v) is 10.5. The third-order valence-electron chi connectivity index (χ3n) is 11.2. The van der Waals surface area contributed by atoms with Gasteiger partial charge in [0.05, 0.1) is 31.7 Å². The number of aromatic nitrogens is 3. The second-order valence-electron chi connectivity index (χ2n) is 14.7. The Balaban J connectivity index is 1.33. The first-order valence-corrected chi connectivity index (χ1v) is 20.1. The number of methoxy groups -OCH3 is 3. The highest BCUT2D eigenvalue weighted by molar-refractivity contribution is 7.92. The average Bonchev–Trinajstić information content (AvgIpc) is 3.44. The summed E-state index contributed by atoms with van der Waals surface area (Å²) in [4.78, 5) is 34.8. The van der Waals surface area contributed by atoms with Crippen LogP contribution in [0.4, 0.5) is 5.82 Å². The maximum atomic E-state index is 14.7. The number of carbonyl (C=O) groups is 2. The molecular formula is C38H47ClN6O7S. The number of anilines is 1. The summed E-state index contributed by atoms with van der Waals surface area (Å²) in [5, 5.41) is 4.86. The summed E-state index contributed by atoms with van der Waals surface area (Å²) < 4.78 is 46.7. The van der Waals surface area contributed by atoms with E-state index in [1.165, 1.54) is 29.1 Å². The van der Waals surface area contributed by atoms with E-state index in [1.54, 1.807) is 33.4 Å². The molecule has 2 aromatic heterocycles. The third kappa shape index (κ3) is 7.43. The van der Waals surface area contributed by atoms with Gasteiger partial charge in [0.15, 0.2) is 11.6 Å². The molecule has 2 amide bonds. The monoisotopic (exact) mass is 766 g/mol. The Morgan fingerprint density at radius 1 is 1.11 bits per heavy atom. The number of amides is 2. The molecule has 4 aliphatic rings. The molecule has 2 aliphatic carbocycles. The van der Waals surface area contributed by atoms with Gasteiger partial charge in [0, 0.05) is 51.0 Å². The Morgan fingerprint density at radius 3 is 2.64 bits per heavy atom. The quantitative estimate of drug-likeness (QED) is 0.346. The molecule has 0 radical (unpaired) electrons. The summed E-state index contributed by atoms with van der Waals surface area (Å²) in [5.74, 6) is -0.522. The Kier molecular flexibility index (Phi) is 10.6. The van der Waals surface area contributed by atoms with Crippen LogP contribution < -0.4 is 19.1 Å². The Hall–Kier alpha value is -3.98. The summed E-state index contributed by atoms with van der Waals surface area (Å²) in [6.07, 6.45) is 9.57. The van der Waals surface area contributed by atoms with Gasteiger partial charge in [-0.1, -0.05) is 36.7 Å². The number of nitrogens with zero attached hydrogens (tertiary/aromatic N) is 5. The van der Waals surface area contributed by atoms with Crippen LogP contribution in [-0.2, 0) is 38.3 Å². The summed E-state index contributed by atoms with van der Waals surface area (Å²) in [5.41, 5.74) is 2.17. The molecule has 1 fully saturated rings. The first-order valence-electron chi connectivity index (χ1n) is 18.1. The topological polar surface area (TPSA) is 146 Å². The Morgan fingerprint density at radius 2 is 1.91 bits per heavy atom. The summed E-state index contributed by atoms with van der Waals surface area (Å²) in [6.45, 7) is 3.58. The van der Waals surface area contributed by atoms with Gasteiger partial charge in [-0.15, -0.1) is 9.46 Å². The fourth-order valence-electron chi connectivity index (χ4n) is 8.46. The van der Waals surface area contributed by atoms with Gasteiger partial charge in [0.1, 0.15) is 21.2 Å². The zero-order valence-corrected chi connectivity index (χ0v) is 32.3. The van der Waals surface area contributed by atoms with Crippen molar-refractivity contribution in [3.63, 3.8) is 0 Å². The minimum Gasteiger partial charge on any atom is -0.489 e. The molecule has 1 spiro atoms. The second kappa shape index (κ2) is 15.0. The molecule has 2 aliphatic heterocycles. The smallest absolute Gasteiger partial charge is 0.305 e. The molecule has 15 heteroatoms. The summed E-state index contributed by atoms with van der Waals surface area (Å²) in [7, 11) is 2.56. The Bertz CT molecular complexity index is 2050. The lowest BCUT2D eigenvalue weighted by Gasteiger charge is -2.45. The molecule has 284 valence electrons. The summed E-state index contributed by atoms with van der Waals surface area (Å²) in [6, 6.07) is 9.43. The third-order valence-corrected chi connectivity index (χ3v) is 13.4. The van der Waals surface area contributed by atoms with E-state index in [0.717, 1.165) is 32.1 Å². The van der Waals surface area contributed by atoms with Crippen LogP contribution >= 0.6 is 11.6 Å². The van der Waals surface area contributed by atoms with Gasteiger partial charge in [-0.25, -0.2) is 9.19 Å². The molecule has 0 unspecified atom stereocenters. The van der Waals surface area contributed by atoms with Crippen molar-refractivity contribution in [1.29, 1.82) is 0 Å². The summed E-state index contributed by atoms with van der Waals surface area (Å²) >= 11 is 6.45. The number of hydrogen-bond acceptors (Lipinski definition) is 10. The average molecular weight is 767 g/mol. The molecular weight excluding hydrogens is 720 g/mol. The van der Waals surface area contributed by atoms with Gasteiger partial charge in [0.2, 0.25) is 5.88 Å². The molecule has 1 saturated carbocycles. The molecule has 2 bridgehead atoms. The SMILES string of the molecule is COc1nn(C)cc1C(=O)N[S@@]1(=O)=NC(=O)c2ccc3c(n2)N(C[C@@H]2CC[C@H]2[C@@H](OC)/C=C/[C@@H](OC)[C@H](C)C1)C[C@@]1(CCCc2cc(Cl)ccc21)CO3. The molecule has 3 aromatic rings. The number of aryl methyl sites for hydroxylation is 2. The van der Waals surface area contributed by atoms with Crippen LogP contribution in [0.15, 0.2) is 53.0 Å². The van der Waals surface area contributed by atoms with Crippen LogP contribution in [0.5, 0.6) is 11.6 Å². The predicted molar refractivity (Wildman–Crippen MR) is 201 cm³/mol. The van der Waals surface area contributed by atoms with Crippen LogP contribution in [0, 0.1) is 17.8 Å². The van der Waals surface area contributed by atoms with Crippen molar-refractivity contribution < 1.29 is 32.7 Å². The van der Waals surface area contributed by atoms with Gasteiger partial charge in [-0.2, -0.15) is 0 Å². The van der Waals surface area contributed by atoms with Crippen molar-refractivity contribution in [2.45, 2.75) is 56.7 Å². The van der Waals surface area contributed by atoms with Crippen LogP contribution in [-0.4, -0.2) is 89.8 Å². The minimum absolute atomic E-state index is 0.00656. The number of halogens is 1. The zero-order chi connectivity index (χ0) is 37.5. The van der Waals surface area contributed by atoms with Gasteiger partial charge in [-0.05, 0) is 85.3 Å². The minimum atomic E-state index is -3.76. The van der Waals surface area contributed by atoms with Gasteiger partial charge in [-0.3, -0.25) is 19.0 Å². The molecule has 1 N–H and O–H groups in total. The lowest BCUT2D eigenvalue weighted by molar-refractivity contribution is 0.0119. The van der Waals surface area contributed by atoms with E-state index in [-0.39, 0.29) is 46.2 Å². The molecule has 7 atom stereocenters. The number of nitrogens with one attached hydrogen (secondary N) is 1. The second-order valence-corrected chi connectivity index (χ2v) is 17.2. The first kappa shape index (κ1) is 37.3. The van der Waals surface area contributed by atoms with Crippen LogP contribution in [0.1, 0.15) is 64.6 Å². The largest absolute Gasteiger partial charge is 0.489 e. The zero-order valence-electron chi connectivity index (χ0n) is 30.7. The van der Waals surface area contributed by atoms with Crippen LogP contribution in [0.25, 0.3) is 0 Å². The molecule has 0 saturated heterocycles. The highest BCUT2D eigenvalue weighted by Crippen LogP contribution is 2.46. The fraction of sp³-hybridized carbons (Fsp3) is 0.526. The Labute approximate surface area is 315 Å². The predicted octanol–water partition coefficient (Wildman–Crippen LogP) is 5.17. The van der Waals surface area contributed by atoms with Crippen molar-refractivity contribution in [2.24, 2.45) is 29.2 Å². The van der Waals surface area contributed by atoms with E-state index in [1.807, 2.05) is 25.1 Å². The van der Waals surface area contributed by atoms with Gasteiger partial charge in [0.25, 0.3) is 5.91 Å². The van der Waals surface area contributed by atoms with E-state index in [2.05, 4.69) is 31.2 Å². The molecule has 53 heavy (non-hydrogen) atoms.